The number of methoxy groups -OCH3 is 1. The number of amides is 2. The number of carbonyl (C=O) groups excluding carboxylic acids is 3. The number of carbonyl (C=O) groups is 3. The molecule has 1 aliphatic heterocycles. The zero-order valence-corrected chi connectivity index (χ0v) is 15.9. The van der Waals surface area contributed by atoms with Gasteiger partial charge in [0.15, 0.2) is 0 Å². The molecular formula is C19H20N2O4S. The van der Waals surface area contributed by atoms with Crippen LogP contribution >= 0.6 is 11.8 Å². The van der Waals surface area contributed by atoms with Crippen LogP contribution in [0.3, 0.4) is 0 Å². The summed E-state index contributed by atoms with van der Waals surface area (Å²) in [5.74, 6) is -1.09. The number of rotatable bonds is 4. The minimum absolute atomic E-state index is 0.261. The van der Waals surface area contributed by atoms with E-state index in [0.29, 0.717) is 4.91 Å². The number of ether oxygens (including phenoxy) is 1. The molecule has 0 N–H and O–H groups in total. The van der Waals surface area contributed by atoms with E-state index in [1.165, 1.54) is 14.0 Å². The van der Waals surface area contributed by atoms with Crippen molar-refractivity contribution in [2.75, 3.05) is 7.11 Å². The highest BCUT2D eigenvalue weighted by molar-refractivity contribution is 8.18. The van der Waals surface area contributed by atoms with Crippen LogP contribution in [-0.2, 0) is 14.3 Å². The quantitative estimate of drug-likeness (QED) is 0.603. The van der Waals surface area contributed by atoms with Crippen molar-refractivity contribution in [1.82, 2.24) is 9.47 Å². The molecule has 3 rings (SSSR count). The van der Waals surface area contributed by atoms with E-state index in [1.54, 1.807) is 6.08 Å². The molecule has 1 fully saturated rings. The van der Waals surface area contributed by atoms with Crippen LogP contribution < -0.4 is 0 Å². The van der Waals surface area contributed by atoms with Gasteiger partial charge in [-0.15, -0.1) is 0 Å². The molecule has 0 saturated carbocycles. The number of hydrogen-bond acceptors (Lipinski definition) is 5. The molecule has 7 heteroatoms. The van der Waals surface area contributed by atoms with Gasteiger partial charge in [0, 0.05) is 28.7 Å². The first-order valence-electron chi connectivity index (χ1n) is 8.29. The Hall–Kier alpha value is -2.54. The van der Waals surface area contributed by atoms with Crippen molar-refractivity contribution in [3.63, 3.8) is 0 Å². The Labute approximate surface area is 155 Å². The maximum absolute atomic E-state index is 12.7. The summed E-state index contributed by atoms with van der Waals surface area (Å²) >= 11 is 0.841. The van der Waals surface area contributed by atoms with Gasteiger partial charge >= 0.3 is 5.97 Å². The molecule has 0 spiro atoms. The average molecular weight is 372 g/mol. The number of imide groups is 1. The largest absolute Gasteiger partial charge is 0.467 e. The Morgan fingerprint density at radius 1 is 1.19 bits per heavy atom. The Balaban J connectivity index is 2.02. The van der Waals surface area contributed by atoms with Crippen LogP contribution in [-0.4, -0.2) is 39.7 Å². The van der Waals surface area contributed by atoms with E-state index in [0.717, 1.165) is 33.1 Å². The van der Waals surface area contributed by atoms with Crippen LogP contribution in [0.2, 0.25) is 0 Å². The number of fused-ring (bicyclic) bond motifs is 1. The molecule has 0 bridgehead atoms. The van der Waals surface area contributed by atoms with Crippen LogP contribution in [0.4, 0.5) is 4.79 Å². The number of para-hydroxylation sites is 1. The van der Waals surface area contributed by atoms with Gasteiger partial charge in [0.05, 0.1) is 12.0 Å². The molecule has 1 atom stereocenters. The topological polar surface area (TPSA) is 68.6 Å². The third kappa shape index (κ3) is 3.03. The van der Waals surface area contributed by atoms with Crippen LogP contribution in [0.1, 0.15) is 32.4 Å². The summed E-state index contributed by atoms with van der Waals surface area (Å²) in [7, 11) is 1.23. The summed E-state index contributed by atoms with van der Waals surface area (Å²) in [6, 6.07) is 7.23. The molecule has 1 saturated heterocycles. The fourth-order valence-corrected chi connectivity index (χ4v) is 3.90. The molecule has 1 aromatic heterocycles. The maximum atomic E-state index is 12.7. The molecule has 0 aliphatic carbocycles. The van der Waals surface area contributed by atoms with Crippen LogP contribution in [0.15, 0.2) is 35.4 Å². The fourth-order valence-electron chi connectivity index (χ4n) is 3.01. The van der Waals surface area contributed by atoms with Crippen LogP contribution in [0.25, 0.3) is 17.0 Å². The third-order valence-corrected chi connectivity index (χ3v) is 5.25. The van der Waals surface area contributed by atoms with Gasteiger partial charge in [0.25, 0.3) is 11.1 Å². The van der Waals surface area contributed by atoms with Crippen molar-refractivity contribution < 1.29 is 19.1 Å². The van der Waals surface area contributed by atoms with Gasteiger partial charge in [-0.1, -0.05) is 18.2 Å². The predicted octanol–water partition coefficient (Wildman–Crippen LogP) is 3.82. The minimum atomic E-state index is -0.949. The van der Waals surface area contributed by atoms with Crippen molar-refractivity contribution in [2.45, 2.75) is 32.9 Å². The Kier molecular flexibility index (Phi) is 4.91. The second kappa shape index (κ2) is 6.99. The van der Waals surface area contributed by atoms with E-state index in [4.69, 9.17) is 0 Å². The van der Waals surface area contributed by atoms with Gasteiger partial charge < -0.3 is 9.30 Å². The number of benzene rings is 1. The highest BCUT2D eigenvalue weighted by atomic mass is 32.2. The zero-order chi connectivity index (χ0) is 19.0. The summed E-state index contributed by atoms with van der Waals surface area (Å²) in [5, 5.41) is 0.542. The number of aromatic nitrogens is 1. The molecule has 136 valence electrons. The van der Waals surface area contributed by atoms with E-state index in [9.17, 15) is 14.4 Å². The minimum Gasteiger partial charge on any atom is -0.467 e. The maximum Gasteiger partial charge on any atom is 0.328 e. The Bertz CT molecular complexity index is 929. The van der Waals surface area contributed by atoms with E-state index < -0.39 is 23.2 Å². The standard InChI is InChI=1S/C19H20N2O4S/c1-11(2)20-10-13(14-7-5-6-8-15(14)20)9-16-17(22)21(19(24)26-16)12(3)18(23)25-4/h5-12H,1-4H3/b16-9-. The molecule has 1 aliphatic rings. The predicted molar refractivity (Wildman–Crippen MR) is 102 cm³/mol. The van der Waals surface area contributed by atoms with Gasteiger partial charge in [0.1, 0.15) is 6.04 Å². The van der Waals surface area contributed by atoms with Crippen molar-refractivity contribution in [3.8, 4) is 0 Å². The molecule has 2 aromatic rings. The van der Waals surface area contributed by atoms with Crippen LogP contribution in [0.5, 0.6) is 0 Å². The molecule has 2 heterocycles. The van der Waals surface area contributed by atoms with Crippen molar-refractivity contribution in [1.29, 1.82) is 0 Å². The summed E-state index contributed by atoms with van der Waals surface area (Å²) < 4.78 is 6.77. The van der Waals surface area contributed by atoms with Gasteiger partial charge in [0.2, 0.25) is 0 Å². The highest BCUT2D eigenvalue weighted by Gasteiger charge is 2.41. The average Bonchev–Trinajstić information content (AvgIpc) is 3.12. The normalized spacial score (nSPS) is 17.6. The Morgan fingerprint density at radius 3 is 2.54 bits per heavy atom. The lowest BCUT2D eigenvalue weighted by Gasteiger charge is -2.18. The van der Waals surface area contributed by atoms with E-state index in [1.807, 2.05) is 30.5 Å². The van der Waals surface area contributed by atoms with E-state index in [-0.39, 0.29) is 6.04 Å². The lowest BCUT2D eigenvalue weighted by atomic mass is 10.1. The smallest absolute Gasteiger partial charge is 0.328 e. The fraction of sp³-hybridized carbons (Fsp3) is 0.316. The lowest BCUT2D eigenvalue weighted by Crippen LogP contribution is -2.42. The van der Waals surface area contributed by atoms with Gasteiger partial charge in [-0.3, -0.25) is 14.5 Å². The van der Waals surface area contributed by atoms with Gasteiger partial charge in [-0.25, -0.2) is 4.79 Å². The SMILES string of the molecule is COC(=O)C(C)N1C(=O)S/C(=C\c2cn(C(C)C)c3ccccc23)C1=O. The zero-order valence-electron chi connectivity index (χ0n) is 15.1. The number of hydrogen-bond donors (Lipinski definition) is 0. The molecule has 26 heavy (non-hydrogen) atoms. The molecule has 6 nitrogen and oxygen atoms in total. The van der Waals surface area contributed by atoms with Crippen LogP contribution in [0, 0.1) is 0 Å². The second-order valence-electron chi connectivity index (χ2n) is 6.35. The van der Waals surface area contributed by atoms with Gasteiger partial charge in [-0.05, 0) is 44.7 Å². The molecular weight excluding hydrogens is 352 g/mol. The molecule has 1 aromatic carbocycles. The highest BCUT2D eigenvalue weighted by Crippen LogP contribution is 2.35. The Morgan fingerprint density at radius 2 is 1.88 bits per heavy atom. The number of nitrogens with zero attached hydrogens (tertiary/aromatic N) is 2. The lowest BCUT2D eigenvalue weighted by molar-refractivity contribution is -0.148. The summed E-state index contributed by atoms with van der Waals surface area (Å²) in [4.78, 5) is 37.9. The second-order valence-corrected chi connectivity index (χ2v) is 7.35. The molecule has 0 radical (unpaired) electrons. The van der Waals surface area contributed by atoms with Crippen molar-refractivity contribution >= 4 is 45.9 Å². The first-order chi connectivity index (χ1) is 12.3. The molecule has 1 unspecified atom stereocenters. The third-order valence-electron chi connectivity index (χ3n) is 4.37. The van der Waals surface area contributed by atoms with E-state index >= 15 is 0 Å². The van der Waals surface area contributed by atoms with Crippen molar-refractivity contribution in [2.24, 2.45) is 0 Å². The van der Waals surface area contributed by atoms with Gasteiger partial charge in [-0.2, -0.15) is 0 Å². The monoisotopic (exact) mass is 372 g/mol. The number of esters is 1. The van der Waals surface area contributed by atoms with E-state index in [2.05, 4.69) is 23.2 Å². The summed E-state index contributed by atoms with van der Waals surface area (Å²) in [6.07, 6.45) is 3.70. The first-order valence-corrected chi connectivity index (χ1v) is 9.11. The molecule has 2 amide bonds. The summed E-state index contributed by atoms with van der Waals surface area (Å²) in [5.41, 5.74) is 1.93. The summed E-state index contributed by atoms with van der Waals surface area (Å²) in [6.45, 7) is 5.65. The first kappa shape index (κ1) is 18.3. The number of thioether (sulfide) groups is 1. The van der Waals surface area contributed by atoms with Crippen molar-refractivity contribution in [3.05, 3.63) is 40.9 Å².